The van der Waals surface area contributed by atoms with Gasteiger partial charge in [-0.15, -0.1) is 20.5 Å². The molecule has 0 unspecified atom stereocenters. The van der Waals surface area contributed by atoms with Crippen molar-refractivity contribution in [2.24, 2.45) is 40.9 Å². The van der Waals surface area contributed by atoms with Crippen LogP contribution in [0.5, 0.6) is 23.0 Å². The van der Waals surface area contributed by atoms with E-state index in [2.05, 4.69) is 185 Å². The molecule has 34 nitrogen and oxygen atoms in total. The SMILES string of the molecule is CCN(CC)c1ccc(/C=C/C2=[N+](C)c3ccc(Br)cc3C2(C)C)c(Br)c1.O=C1C=C/C(=N\N=c2[n-]cc([N+](=O)[O-])s2)C(O)=C1.O=C1C=CC(=NN=c2[n-]cc([N+](=O)[O-])s2)C(O)=C1.O=[N+]([O-])c1cnc(N=Nc2cc(Cl)c(O)cc2O)s1.O=[N+]([O-])c1cnc(N=Nc2cc(Cl)c(O)cc2O)s1.[CH3-].[Co+2]. The van der Waals surface area contributed by atoms with Crippen LogP contribution in [0.25, 0.3) is 6.08 Å². The number of aliphatic hydroxyl groups excluding tert-OH is 2. The number of aliphatic hydroxyl groups is 2. The van der Waals surface area contributed by atoms with E-state index in [1.54, 1.807) is 0 Å². The zero-order chi connectivity index (χ0) is 74.0. The first-order valence-corrected chi connectivity index (χ1v) is 33.6. The third kappa shape index (κ3) is 23.0. The number of benzene rings is 4. The van der Waals surface area contributed by atoms with Crippen molar-refractivity contribution in [2.75, 3.05) is 25.0 Å². The number of azo groups is 2. The summed E-state index contributed by atoms with van der Waals surface area (Å²) in [5.41, 5.74) is 6.56. The molecule has 4 aromatic carbocycles. The molecule has 3 aliphatic rings. The van der Waals surface area contributed by atoms with E-state index in [1.807, 2.05) is 0 Å². The number of rotatable bonds is 15. The number of nitrogens with zero attached hydrogens (tertiary/aromatic N) is 18. The van der Waals surface area contributed by atoms with Crippen LogP contribution in [0.2, 0.25) is 10.0 Å². The molecule has 0 atom stereocenters. The molecule has 8 aromatic rings. The van der Waals surface area contributed by atoms with Gasteiger partial charge in [0.2, 0.25) is 16.0 Å². The molecular formula is C60H50Br2Cl2CoN18O16S4. The van der Waals surface area contributed by atoms with Gasteiger partial charge in [-0.3, -0.25) is 60.2 Å². The van der Waals surface area contributed by atoms with E-state index in [-0.39, 0.29) is 148 Å². The Labute approximate surface area is 633 Å². The molecule has 1 aliphatic heterocycles. The van der Waals surface area contributed by atoms with Crippen LogP contribution in [0.15, 0.2) is 189 Å². The normalized spacial score (nSPS) is 14.5. The molecule has 103 heavy (non-hydrogen) atoms. The van der Waals surface area contributed by atoms with E-state index in [0.717, 1.165) is 116 Å². The number of nitro groups is 4. The van der Waals surface area contributed by atoms with E-state index >= 15 is 0 Å². The van der Waals surface area contributed by atoms with Crippen molar-refractivity contribution in [1.82, 2.24) is 19.9 Å². The number of aromatic hydroxyl groups is 4. The van der Waals surface area contributed by atoms with Crippen LogP contribution in [0.4, 0.5) is 53.0 Å². The van der Waals surface area contributed by atoms with Crippen LogP contribution >= 0.6 is 100 Å². The first kappa shape index (κ1) is 83.2. The van der Waals surface area contributed by atoms with Gasteiger partial charge in [-0.05, 0) is 123 Å². The molecular weight excluding hydrogens is 1650 g/mol. The molecule has 43 heteroatoms. The molecule has 4 aromatic heterocycles. The average Bonchev–Trinajstić information content (AvgIpc) is 1.60. The van der Waals surface area contributed by atoms with Crippen molar-refractivity contribution < 1.29 is 81.3 Å². The predicted octanol–water partition coefficient (Wildman–Crippen LogP) is 15.2. The third-order valence-corrected chi connectivity index (χ3v) is 18.2. The van der Waals surface area contributed by atoms with E-state index < -0.39 is 19.7 Å². The summed E-state index contributed by atoms with van der Waals surface area (Å²) in [5, 5.41) is 127. The van der Waals surface area contributed by atoms with Crippen molar-refractivity contribution in [3.8, 4) is 23.0 Å². The smallest absolute Gasteiger partial charge is 0.506 e. The Bertz CT molecular complexity index is 4820. The molecule has 6 N–H and O–H groups in total. The molecule has 0 fully saturated rings. The van der Waals surface area contributed by atoms with Crippen LogP contribution in [-0.2, 0) is 31.8 Å². The van der Waals surface area contributed by atoms with Gasteiger partial charge in [0.05, 0.1) is 35.2 Å². The molecule has 11 rings (SSSR count). The Morgan fingerprint density at radius 3 is 1.44 bits per heavy atom. The Kier molecular flexibility index (Phi) is 30.6. The number of ketones is 2. The molecule has 537 valence electrons. The van der Waals surface area contributed by atoms with Gasteiger partial charge in [-0.2, -0.15) is 4.58 Å². The Morgan fingerprint density at radius 1 is 0.602 bits per heavy atom. The van der Waals surface area contributed by atoms with Gasteiger partial charge in [0.1, 0.15) is 76.8 Å². The number of fused-ring (bicyclic) bond motifs is 1. The monoisotopic (exact) mass is 1690 g/mol. The number of hydrogen-bond donors (Lipinski definition) is 6. The second-order valence-corrected chi connectivity index (χ2v) is 26.6. The third-order valence-electron chi connectivity index (χ3n) is 13.1. The quantitative estimate of drug-likeness (QED) is 0.0139. The van der Waals surface area contributed by atoms with Gasteiger partial charge in [0.15, 0.2) is 17.3 Å². The zero-order valence-corrected chi connectivity index (χ0v) is 62.4. The minimum Gasteiger partial charge on any atom is -0.506 e. The van der Waals surface area contributed by atoms with Crippen LogP contribution in [-0.4, -0.2) is 114 Å². The number of phenols is 4. The first-order valence-electron chi connectivity index (χ1n) is 28.0. The fraction of sp³-hybridized carbons (Fsp3) is 0.133. The first-order chi connectivity index (χ1) is 47.8. The number of carbonyl (C=O) groups is 2. The average molecular weight is 1700 g/mol. The van der Waals surface area contributed by atoms with E-state index in [4.69, 9.17) is 23.2 Å². The number of carbonyl (C=O) groups excluding carboxylic acids is 2. The fourth-order valence-corrected chi connectivity index (χ4v) is 11.7. The Morgan fingerprint density at radius 2 is 1.05 bits per heavy atom. The number of aromatic nitrogens is 4. The maximum atomic E-state index is 10.9. The van der Waals surface area contributed by atoms with Gasteiger partial charge >= 0.3 is 36.8 Å². The summed E-state index contributed by atoms with van der Waals surface area (Å²) in [6.07, 6.45) is 15.8. The summed E-state index contributed by atoms with van der Waals surface area (Å²) in [6.45, 7) is 11.0. The largest absolute Gasteiger partial charge is 2.00 e. The van der Waals surface area contributed by atoms with E-state index in [1.165, 1.54) is 64.7 Å². The number of allylic oxidation sites excluding steroid dienone is 7. The standard InChI is InChI=1S/C23H27Br2N2.2C9H5ClN4O4S.2C9H6N4O4S.CH3.Co/c1-6-27(7-2)18-11-8-16(20(25)15-18)9-13-22-23(3,4)19-14-17(24)10-12-21(19)26(22)5;2*10-4-1-5(7(16)2-6(4)15)12-13-9-11-3-8(19-9)14(17)18;2*14-5-1-2-6(7(15)3-5)11-12-9-10-4-8(18-9)13(16)17;;/h8-15H,6-7H2,1-5H3;2*1-3,15-16H;2*1-4H,(H2,10,12,14,15);1H3;/q+1;;;;;-1;+2/p-2. The number of hydrogen-bond acceptors (Lipinski definition) is 31. The number of anilines is 1. The molecule has 0 amide bonds. The van der Waals surface area contributed by atoms with Gasteiger partial charge in [0, 0.05) is 91.7 Å². The Balaban J connectivity index is 0.000000233. The van der Waals surface area contributed by atoms with Crippen LogP contribution in [0, 0.1) is 47.9 Å². The molecule has 2 aliphatic carbocycles. The number of thiazole rings is 4. The maximum absolute atomic E-state index is 10.9. The summed E-state index contributed by atoms with van der Waals surface area (Å²) in [4.78, 5) is 78.3. The van der Waals surface area contributed by atoms with Crippen LogP contribution < -0.4 is 24.5 Å². The second-order valence-electron chi connectivity index (χ2n) is 20.1. The topological polar surface area (TPSA) is 487 Å². The second kappa shape index (κ2) is 38.0. The summed E-state index contributed by atoms with van der Waals surface area (Å²) in [7, 11) is 2.15. The predicted molar refractivity (Wildman–Crippen MR) is 391 cm³/mol. The van der Waals surface area contributed by atoms with Crippen molar-refractivity contribution in [2.45, 2.75) is 33.1 Å². The molecule has 0 spiro atoms. The van der Waals surface area contributed by atoms with Crippen molar-refractivity contribution in [1.29, 1.82) is 0 Å². The summed E-state index contributed by atoms with van der Waals surface area (Å²) in [5.74, 6) is -2.54. The number of halogens is 4. The van der Waals surface area contributed by atoms with Gasteiger partial charge < -0.3 is 63.1 Å². The number of phenolic OH excluding ortho intramolecular Hbond substituents is 4. The van der Waals surface area contributed by atoms with E-state index in [9.17, 15) is 80.7 Å². The summed E-state index contributed by atoms with van der Waals surface area (Å²) >= 11 is 21.7. The minimum atomic E-state index is -0.592. The minimum absolute atomic E-state index is 0. The fourth-order valence-electron chi connectivity index (χ4n) is 8.27. The molecule has 0 saturated carbocycles. The Hall–Kier alpha value is -10.5. The molecule has 5 heterocycles. The molecule has 0 bridgehead atoms. The summed E-state index contributed by atoms with van der Waals surface area (Å²) in [6, 6.07) is 17.6. The molecule has 0 saturated heterocycles. The van der Waals surface area contributed by atoms with Crippen molar-refractivity contribution in [3.05, 3.63) is 227 Å². The summed E-state index contributed by atoms with van der Waals surface area (Å²) < 4.78 is 4.56. The maximum Gasteiger partial charge on any atom is 2.00 e. The van der Waals surface area contributed by atoms with Crippen molar-refractivity contribution in [3.63, 3.8) is 0 Å². The van der Waals surface area contributed by atoms with Crippen molar-refractivity contribution >= 4 is 188 Å². The van der Waals surface area contributed by atoms with E-state index in [0.29, 0.717) is 0 Å². The molecule has 1 radical (unpaired) electrons. The van der Waals surface area contributed by atoms with Gasteiger partial charge in [-0.1, -0.05) is 83.8 Å². The van der Waals surface area contributed by atoms with Gasteiger partial charge in [0.25, 0.3) is 0 Å². The zero-order valence-electron chi connectivity index (χ0n) is 53.4. The van der Waals surface area contributed by atoms with Gasteiger partial charge in [-0.25, -0.2) is 9.97 Å². The van der Waals surface area contributed by atoms with Crippen LogP contribution in [0.1, 0.15) is 38.8 Å². The van der Waals surface area contributed by atoms with Crippen LogP contribution in [0.3, 0.4) is 0 Å².